The fourth-order valence-electron chi connectivity index (χ4n) is 1.34. The minimum Gasteiger partial charge on any atom is -0.328 e. The van der Waals surface area contributed by atoms with E-state index in [4.69, 9.17) is 0 Å². The number of H-pyrrole nitrogens is 1. The molecule has 1 aromatic carbocycles. The molecule has 0 bridgehead atoms. The SMILES string of the molecule is O=c1[nH]cccc1S(=O)(=O)c1ccccc1. The molecule has 0 spiro atoms. The number of aromatic nitrogens is 1. The number of sulfone groups is 1. The van der Waals surface area contributed by atoms with Crippen molar-refractivity contribution in [3.8, 4) is 0 Å². The molecule has 0 aliphatic heterocycles. The first kappa shape index (κ1) is 10.6. The lowest BCUT2D eigenvalue weighted by molar-refractivity contribution is 0.594. The second-order valence-corrected chi connectivity index (χ2v) is 5.10. The average Bonchev–Trinajstić information content (AvgIpc) is 2.30. The first-order valence-corrected chi connectivity index (χ1v) is 6.08. The summed E-state index contributed by atoms with van der Waals surface area (Å²) in [5.41, 5.74) is -0.605. The Kier molecular flexibility index (Phi) is 2.62. The Balaban J connectivity index is 2.66. The number of rotatable bonds is 2. The van der Waals surface area contributed by atoms with Gasteiger partial charge in [0.15, 0.2) is 0 Å². The highest BCUT2D eigenvalue weighted by atomic mass is 32.2. The van der Waals surface area contributed by atoms with Crippen LogP contribution in [0.4, 0.5) is 0 Å². The summed E-state index contributed by atoms with van der Waals surface area (Å²) in [6.45, 7) is 0. The third-order valence-corrected chi connectivity index (χ3v) is 3.92. The minimum atomic E-state index is -3.71. The fraction of sp³-hybridized carbons (Fsp3) is 0. The predicted molar refractivity (Wildman–Crippen MR) is 59.0 cm³/mol. The van der Waals surface area contributed by atoms with Crippen LogP contribution in [0.5, 0.6) is 0 Å². The standard InChI is InChI=1S/C11H9NO3S/c13-11-10(7-4-8-12-11)16(14,15)9-5-2-1-3-6-9/h1-8H,(H,12,13). The Morgan fingerprint density at radius 2 is 1.62 bits per heavy atom. The highest BCUT2D eigenvalue weighted by molar-refractivity contribution is 7.91. The quantitative estimate of drug-likeness (QED) is 0.850. The number of benzene rings is 1. The highest BCUT2D eigenvalue weighted by Gasteiger charge is 2.19. The Morgan fingerprint density at radius 3 is 2.25 bits per heavy atom. The molecule has 0 fully saturated rings. The zero-order chi connectivity index (χ0) is 11.6. The van der Waals surface area contributed by atoms with Crippen LogP contribution in [0.15, 0.2) is 63.2 Å². The normalized spacial score (nSPS) is 11.2. The van der Waals surface area contributed by atoms with Gasteiger partial charge in [-0.25, -0.2) is 8.42 Å². The minimum absolute atomic E-state index is 0.117. The lowest BCUT2D eigenvalue weighted by Crippen LogP contribution is -2.16. The molecular formula is C11H9NO3S. The fourth-order valence-corrected chi connectivity index (χ4v) is 2.67. The van der Waals surface area contributed by atoms with E-state index >= 15 is 0 Å². The number of pyridine rings is 1. The molecule has 0 atom stereocenters. The van der Waals surface area contributed by atoms with E-state index in [0.29, 0.717) is 0 Å². The van der Waals surface area contributed by atoms with Crippen LogP contribution in [0.3, 0.4) is 0 Å². The first-order chi connectivity index (χ1) is 7.62. The Hall–Kier alpha value is -1.88. The summed E-state index contributed by atoms with van der Waals surface area (Å²) >= 11 is 0. The Bertz CT molecular complexity index is 644. The van der Waals surface area contributed by atoms with Gasteiger partial charge >= 0.3 is 0 Å². The zero-order valence-corrected chi connectivity index (χ0v) is 9.07. The maximum absolute atomic E-state index is 12.0. The van der Waals surface area contributed by atoms with Crippen LogP contribution in [0.25, 0.3) is 0 Å². The molecule has 2 rings (SSSR count). The molecule has 2 aromatic rings. The summed E-state index contributed by atoms with van der Waals surface area (Å²) in [5, 5.41) is 0. The summed E-state index contributed by atoms with van der Waals surface area (Å²) in [6, 6.07) is 10.6. The maximum atomic E-state index is 12.0. The number of aromatic amines is 1. The Labute approximate surface area is 92.5 Å². The summed E-state index contributed by atoms with van der Waals surface area (Å²) in [4.78, 5) is 13.6. The molecule has 5 heteroatoms. The number of hydrogen-bond acceptors (Lipinski definition) is 3. The van der Waals surface area contributed by atoms with Crippen molar-refractivity contribution < 1.29 is 8.42 Å². The lowest BCUT2D eigenvalue weighted by Gasteiger charge is -2.02. The number of hydrogen-bond donors (Lipinski definition) is 1. The number of nitrogens with one attached hydrogen (secondary N) is 1. The smallest absolute Gasteiger partial charge is 0.267 e. The van der Waals surface area contributed by atoms with Gasteiger partial charge in [-0.1, -0.05) is 18.2 Å². The van der Waals surface area contributed by atoms with Crippen molar-refractivity contribution in [3.05, 3.63) is 59.0 Å². The van der Waals surface area contributed by atoms with Crippen LogP contribution < -0.4 is 5.56 Å². The monoisotopic (exact) mass is 235 g/mol. The van der Waals surface area contributed by atoms with Crippen LogP contribution in [-0.2, 0) is 9.84 Å². The second kappa shape index (κ2) is 3.94. The molecule has 0 unspecified atom stereocenters. The van der Waals surface area contributed by atoms with Crippen molar-refractivity contribution in [3.63, 3.8) is 0 Å². The van der Waals surface area contributed by atoms with Crippen molar-refractivity contribution in [1.82, 2.24) is 4.98 Å². The van der Waals surface area contributed by atoms with E-state index in [9.17, 15) is 13.2 Å². The van der Waals surface area contributed by atoms with Crippen LogP contribution in [0, 0.1) is 0 Å². The highest BCUT2D eigenvalue weighted by Crippen LogP contribution is 2.16. The van der Waals surface area contributed by atoms with Crippen molar-refractivity contribution in [2.24, 2.45) is 0 Å². The van der Waals surface area contributed by atoms with Gasteiger partial charge in [-0.3, -0.25) is 4.79 Å². The molecule has 1 N–H and O–H groups in total. The Morgan fingerprint density at radius 1 is 0.938 bits per heavy atom. The molecule has 0 aliphatic rings. The van der Waals surface area contributed by atoms with E-state index in [1.54, 1.807) is 18.2 Å². The lowest BCUT2D eigenvalue weighted by atomic mass is 10.4. The molecule has 0 aliphatic carbocycles. The third kappa shape index (κ3) is 1.77. The average molecular weight is 235 g/mol. The summed E-state index contributed by atoms with van der Waals surface area (Å²) in [6.07, 6.45) is 1.40. The van der Waals surface area contributed by atoms with Gasteiger partial charge in [-0.15, -0.1) is 0 Å². The summed E-state index contributed by atoms with van der Waals surface area (Å²) in [7, 11) is -3.71. The van der Waals surface area contributed by atoms with E-state index < -0.39 is 15.4 Å². The molecular weight excluding hydrogens is 226 g/mol. The predicted octanol–water partition coefficient (Wildman–Crippen LogP) is 1.21. The maximum Gasteiger partial charge on any atom is 0.267 e. The van der Waals surface area contributed by atoms with E-state index in [1.165, 1.54) is 30.5 Å². The van der Waals surface area contributed by atoms with Gasteiger partial charge in [0.2, 0.25) is 9.84 Å². The van der Waals surface area contributed by atoms with E-state index in [-0.39, 0.29) is 9.79 Å². The van der Waals surface area contributed by atoms with Crippen LogP contribution in [0.1, 0.15) is 0 Å². The van der Waals surface area contributed by atoms with Crippen molar-refractivity contribution >= 4 is 9.84 Å². The molecule has 16 heavy (non-hydrogen) atoms. The topological polar surface area (TPSA) is 67.0 Å². The van der Waals surface area contributed by atoms with E-state index in [1.807, 2.05) is 0 Å². The largest absolute Gasteiger partial charge is 0.328 e. The van der Waals surface area contributed by atoms with Gasteiger partial charge in [0.1, 0.15) is 4.90 Å². The van der Waals surface area contributed by atoms with Gasteiger partial charge in [0.05, 0.1) is 4.90 Å². The first-order valence-electron chi connectivity index (χ1n) is 4.60. The van der Waals surface area contributed by atoms with Gasteiger partial charge in [0.25, 0.3) is 5.56 Å². The second-order valence-electron chi connectivity index (χ2n) is 3.18. The molecule has 0 amide bonds. The van der Waals surface area contributed by atoms with Gasteiger partial charge in [-0.05, 0) is 24.3 Å². The van der Waals surface area contributed by atoms with Gasteiger partial charge in [-0.2, -0.15) is 0 Å². The molecule has 0 radical (unpaired) electrons. The third-order valence-electron chi connectivity index (χ3n) is 2.13. The zero-order valence-electron chi connectivity index (χ0n) is 8.25. The molecule has 1 heterocycles. The van der Waals surface area contributed by atoms with Crippen molar-refractivity contribution in [2.75, 3.05) is 0 Å². The molecule has 0 saturated heterocycles. The molecule has 1 aromatic heterocycles. The van der Waals surface area contributed by atoms with Crippen molar-refractivity contribution in [1.29, 1.82) is 0 Å². The molecule has 0 saturated carbocycles. The van der Waals surface area contributed by atoms with Crippen molar-refractivity contribution in [2.45, 2.75) is 9.79 Å². The van der Waals surface area contributed by atoms with E-state index in [0.717, 1.165) is 0 Å². The molecule has 82 valence electrons. The van der Waals surface area contributed by atoms with Gasteiger partial charge in [0, 0.05) is 6.20 Å². The van der Waals surface area contributed by atoms with Crippen LogP contribution in [0.2, 0.25) is 0 Å². The molecule has 4 nitrogen and oxygen atoms in total. The van der Waals surface area contributed by atoms with Crippen LogP contribution in [-0.4, -0.2) is 13.4 Å². The van der Waals surface area contributed by atoms with E-state index in [2.05, 4.69) is 4.98 Å². The van der Waals surface area contributed by atoms with Crippen LogP contribution >= 0.6 is 0 Å². The summed E-state index contributed by atoms with van der Waals surface area (Å²) < 4.78 is 24.1. The van der Waals surface area contributed by atoms with Gasteiger partial charge < -0.3 is 4.98 Å². The summed E-state index contributed by atoms with van der Waals surface area (Å²) in [5.74, 6) is 0.